The third-order valence-electron chi connectivity index (χ3n) is 5.57. The van der Waals surface area contributed by atoms with Gasteiger partial charge in [-0.25, -0.2) is 8.42 Å². The number of fused-ring (bicyclic) bond motifs is 1. The third-order valence-corrected chi connectivity index (χ3v) is 8.65. The molecule has 3 aromatic rings. The van der Waals surface area contributed by atoms with Crippen molar-refractivity contribution in [1.29, 1.82) is 0 Å². The summed E-state index contributed by atoms with van der Waals surface area (Å²) >= 11 is 1.31. The first-order valence-corrected chi connectivity index (χ1v) is 12.4. The van der Waals surface area contributed by atoms with E-state index in [9.17, 15) is 13.2 Å². The van der Waals surface area contributed by atoms with Crippen LogP contribution >= 0.6 is 11.3 Å². The number of carbonyl (C=O) groups is 1. The van der Waals surface area contributed by atoms with E-state index in [4.69, 9.17) is 10.5 Å². The zero-order chi connectivity index (χ0) is 22.4. The minimum Gasteiger partial charge on any atom is -0.371 e. The SMILES string of the molecule is CC(C)(C)c1ccc(S(=O)(=O)N2CCO[C@H](c3c(C(N)=O)sc4ccccc34)C2)cc1. The van der Waals surface area contributed by atoms with E-state index < -0.39 is 22.0 Å². The van der Waals surface area contributed by atoms with Crippen molar-refractivity contribution in [2.75, 3.05) is 19.7 Å². The van der Waals surface area contributed by atoms with Crippen LogP contribution in [0.15, 0.2) is 53.4 Å². The molecule has 1 atom stereocenters. The first kappa shape index (κ1) is 22.0. The quantitative estimate of drug-likeness (QED) is 0.638. The summed E-state index contributed by atoms with van der Waals surface area (Å²) in [6.07, 6.45) is -0.559. The zero-order valence-corrected chi connectivity index (χ0v) is 19.4. The van der Waals surface area contributed by atoms with Gasteiger partial charge in [0.2, 0.25) is 10.0 Å². The van der Waals surface area contributed by atoms with E-state index in [1.54, 1.807) is 12.1 Å². The fraction of sp³-hybridized carbons (Fsp3) is 0.348. The van der Waals surface area contributed by atoms with Crippen molar-refractivity contribution in [3.63, 3.8) is 0 Å². The number of hydrogen-bond acceptors (Lipinski definition) is 5. The maximum atomic E-state index is 13.3. The van der Waals surface area contributed by atoms with Crippen LogP contribution in [0.1, 0.15) is 47.7 Å². The van der Waals surface area contributed by atoms with Crippen molar-refractivity contribution in [3.05, 3.63) is 64.5 Å². The summed E-state index contributed by atoms with van der Waals surface area (Å²) in [6, 6.07) is 14.7. The van der Waals surface area contributed by atoms with Crippen molar-refractivity contribution >= 4 is 37.4 Å². The Balaban J connectivity index is 1.67. The van der Waals surface area contributed by atoms with Crippen LogP contribution in [-0.2, 0) is 20.2 Å². The number of sulfonamides is 1. The van der Waals surface area contributed by atoms with E-state index in [1.807, 2.05) is 36.4 Å². The van der Waals surface area contributed by atoms with Crippen molar-refractivity contribution in [2.24, 2.45) is 5.73 Å². The monoisotopic (exact) mass is 458 g/mol. The lowest BCUT2D eigenvalue weighted by molar-refractivity contribution is -0.00188. The van der Waals surface area contributed by atoms with E-state index in [-0.39, 0.29) is 30.0 Å². The van der Waals surface area contributed by atoms with Crippen molar-refractivity contribution in [2.45, 2.75) is 37.2 Å². The molecular formula is C23H26N2O4S2. The second-order valence-electron chi connectivity index (χ2n) is 8.70. The molecule has 1 aromatic heterocycles. The predicted molar refractivity (Wildman–Crippen MR) is 123 cm³/mol. The molecular weight excluding hydrogens is 432 g/mol. The van der Waals surface area contributed by atoms with Gasteiger partial charge in [0.15, 0.2) is 0 Å². The Morgan fingerprint density at radius 2 is 1.81 bits per heavy atom. The number of rotatable bonds is 4. The molecule has 8 heteroatoms. The standard InChI is InChI=1S/C23H26N2O4S2/c1-23(2,3)15-8-10-16(11-9-15)31(27,28)25-12-13-29-18(14-25)20-17-6-4-5-7-19(17)30-21(20)22(24)26/h4-11,18H,12-14H2,1-3H3,(H2,24,26)/t18-/m0/s1. The molecule has 1 saturated heterocycles. The molecule has 6 nitrogen and oxygen atoms in total. The van der Waals surface area contributed by atoms with Gasteiger partial charge in [-0.1, -0.05) is 51.1 Å². The van der Waals surface area contributed by atoms with E-state index >= 15 is 0 Å². The highest BCUT2D eigenvalue weighted by Crippen LogP contribution is 2.38. The van der Waals surface area contributed by atoms with Crippen LogP contribution in [0.5, 0.6) is 0 Å². The Hall–Kier alpha value is -2.26. The third kappa shape index (κ3) is 4.13. The molecule has 2 aromatic carbocycles. The van der Waals surface area contributed by atoms with Crippen LogP contribution in [0, 0.1) is 0 Å². The molecule has 0 spiro atoms. The number of nitrogens with two attached hydrogens (primary N) is 1. The van der Waals surface area contributed by atoms with Crippen LogP contribution in [-0.4, -0.2) is 38.3 Å². The number of carbonyl (C=O) groups excluding carboxylic acids is 1. The van der Waals surface area contributed by atoms with Crippen molar-refractivity contribution in [1.82, 2.24) is 4.31 Å². The molecule has 164 valence electrons. The predicted octanol–water partition coefficient (Wildman–Crippen LogP) is 4.06. The van der Waals surface area contributed by atoms with E-state index in [2.05, 4.69) is 20.8 Å². The highest BCUT2D eigenvalue weighted by atomic mass is 32.2. The molecule has 1 aliphatic rings. The van der Waals surface area contributed by atoms with Gasteiger partial charge < -0.3 is 10.5 Å². The van der Waals surface area contributed by atoms with E-state index in [1.165, 1.54) is 15.6 Å². The molecule has 1 fully saturated rings. The van der Waals surface area contributed by atoms with Crippen LogP contribution in [0.2, 0.25) is 0 Å². The second kappa shape index (κ2) is 8.02. The molecule has 4 rings (SSSR count). The number of benzene rings is 2. The largest absolute Gasteiger partial charge is 0.371 e. The maximum absolute atomic E-state index is 13.3. The van der Waals surface area contributed by atoms with Crippen LogP contribution in [0.4, 0.5) is 0 Å². The molecule has 1 amide bonds. The van der Waals surface area contributed by atoms with Gasteiger partial charge >= 0.3 is 0 Å². The maximum Gasteiger partial charge on any atom is 0.259 e. The fourth-order valence-corrected chi connectivity index (χ4v) is 6.39. The Morgan fingerprint density at radius 1 is 1.13 bits per heavy atom. The van der Waals surface area contributed by atoms with Gasteiger partial charge in [-0.15, -0.1) is 11.3 Å². The molecule has 2 heterocycles. The minimum absolute atomic E-state index is 0.0580. The van der Waals surface area contributed by atoms with Gasteiger partial charge in [-0.2, -0.15) is 4.31 Å². The van der Waals surface area contributed by atoms with Crippen LogP contribution in [0.25, 0.3) is 10.1 Å². The van der Waals surface area contributed by atoms with E-state index in [0.717, 1.165) is 15.6 Å². The van der Waals surface area contributed by atoms with Gasteiger partial charge in [0, 0.05) is 23.4 Å². The summed E-state index contributed by atoms with van der Waals surface area (Å²) < 4.78 is 35.0. The van der Waals surface area contributed by atoms with Crippen molar-refractivity contribution in [3.8, 4) is 0 Å². The minimum atomic E-state index is -3.69. The molecule has 1 aliphatic heterocycles. The lowest BCUT2D eigenvalue weighted by atomic mass is 9.87. The fourth-order valence-electron chi connectivity index (χ4n) is 3.86. The highest BCUT2D eigenvalue weighted by molar-refractivity contribution is 7.89. The van der Waals surface area contributed by atoms with Gasteiger partial charge in [0.25, 0.3) is 5.91 Å². The average Bonchev–Trinajstić information content (AvgIpc) is 3.13. The smallest absolute Gasteiger partial charge is 0.259 e. The summed E-state index contributed by atoms with van der Waals surface area (Å²) in [4.78, 5) is 12.8. The lowest BCUT2D eigenvalue weighted by Crippen LogP contribution is -2.42. The Bertz CT molecular complexity index is 1220. The highest BCUT2D eigenvalue weighted by Gasteiger charge is 2.34. The first-order valence-electron chi connectivity index (χ1n) is 10.1. The van der Waals surface area contributed by atoms with Crippen LogP contribution < -0.4 is 5.73 Å². The Labute approximate surface area is 186 Å². The topological polar surface area (TPSA) is 89.7 Å². The molecule has 0 radical (unpaired) electrons. The Kier molecular flexibility index (Phi) is 5.68. The molecule has 0 unspecified atom stereocenters. The lowest BCUT2D eigenvalue weighted by Gasteiger charge is -2.32. The number of primary amides is 1. The number of ether oxygens (including phenoxy) is 1. The number of nitrogens with zero attached hydrogens (tertiary/aromatic N) is 1. The number of hydrogen-bond donors (Lipinski definition) is 1. The van der Waals surface area contributed by atoms with Crippen molar-refractivity contribution < 1.29 is 17.9 Å². The first-order chi connectivity index (χ1) is 14.6. The van der Waals surface area contributed by atoms with Crippen LogP contribution in [0.3, 0.4) is 0 Å². The van der Waals surface area contributed by atoms with E-state index in [0.29, 0.717) is 10.4 Å². The average molecular weight is 459 g/mol. The number of morpholine rings is 1. The normalized spacial score (nSPS) is 18.4. The molecule has 2 N–H and O–H groups in total. The molecule has 0 aliphatic carbocycles. The molecule has 0 saturated carbocycles. The number of thiophene rings is 1. The zero-order valence-electron chi connectivity index (χ0n) is 17.8. The summed E-state index contributed by atoms with van der Waals surface area (Å²) in [5.41, 5.74) is 7.32. The van der Waals surface area contributed by atoms with Gasteiger partial charge in [0.1, 0.15) is 0 Å². The summed E-state index contributed by atoms with van der Waals surface area (Å²) in [6.45, 7) is 6.89. The van der Waals surface area contributed by atoms with Gasteiger partial charge in [-0.05, 0) is 34.6 Å². The second-order valence-corrected chi connectivity index (χ2v) is 11.7. The molecule has 31 heavy (non-hydrogen) atoms. The summed E-state index contributed by atoms with van der Waals surface area (Å²) in [5.74, 6) is -0.530. The summed E-state index contributed by atoms with van der Waals surface area (Å²) in [5, 5.41) is 0.875. The Morgan fingerprint density at radius 3 is 2.45 bits per heavy atom. The van der Waals surface area contributed by atoms with Gasteiger partial charge in [0.05, 0.1) is 22.5 Å². The summed E-state index contributed by atoms with van der Waals surface area (Å²) in [7, 11) is -3.69. The molecule has 0 bridgehead atoms. The number of amides is 1. The van der Waals surface area contributed by atoms with Gasteiger partial charge in [-0.3, -0.25) is 4.79 Å².